The number of carbonyl (C=O) groups excluding carboxylic acids is 2. The van der Waals surface area contributed by atoms with Crippen molar-refractivity contribution < 1.29 is 29.3 Å². The number of ketones is 1. The molecule has 2 aromatic carbocycles. The van der Waals surface area contributed by atoms with Gasteiger partial charge in [-0.2, -0.15) is 0 Å². The fourth-order valence-corrected chi connectivity index (χ4v) is 3.40. The van der Waals surface area contributed by atoms with E-state index in [1.54, 1.807) is 56.3 Å². The Morgan fingerprint density at radius 2 is 1.85 bits per heavy atom. The van der Waals surface area contributed by atoms with Crippen LogP contribution in [0.15, 0.2) is 36.4 Å². The van der Waals surface area contributed by atoms with Gasteiger partial charge in [-0.1, -0.05) is 30.3 Å². The number of hydrogen-bond acceptors (Lipinski definition) is 6. The van der Waals surface area contributed by atoms with Crippen molar-refractivity contribution in [3.63, 3.8) is 0 Å². The van der Waals surface area contributed by atoms with Gasteiger partial charge in [0.2, 0.25) is 5.78 Å². The summed E-state index contributed by atoms with van der Waals surface area (Å²) in [6.45, 7) is 3.59. The van der Waals surface area contributed by atoms with Crippen molar-refractivity contribution in [1.29, 1.82) is 0 Å². The predicted octanol–water partition coefficient (Wildman–Crippen LogP) is 3.07. The van der Waals surface area contributed by atoms with Gasteiger partial charge in [0.25, 0.3) is 0 Å². The van der Waals surface area contributed by atoms with Gasteiger partial charge in [-0.05, 0) is 31.6 Å². The first-order valence-electron chi connectivity index (χ1n) is 8.54. The first kappa shape index (κ1) is 17.3. The van der Waals surface area contributed by atoms with E-state index in [0.717, 1.165) is 0 Å². The molecule has 2 heterocycles. The maximum Gasteiger partial charge on any atom is 0.203 e. The maximum absolute atomic E-state index is 13.0. The third-order valence-electron chi connectivity index (χ3n) is 4.76. The molecule has 138 valence electrons. The number of phenols is 1. The van der Waals surface area contributed by atoms with E-state index in [-0.39, 0.29) is 33.9 Å². The molecule has 2 aliphatic rings. The van der Waals surface area contributed by atoms with Crippen LogP contribution in [-0.4, -0.2) is 34.0 Å². The van der Waals surface area contributed by atoms with Gasteiger partial charge in [0.15, 0.2) is 18.5 Å². The molecule has 4 rings (SSSR count). The molecule has 6 heteroatoms. The molecular formula is C21H18O6. The second-order valence-corrected chi connectivity index (χ2v) is 7.12. The Balaban J connectivity index is 1.96. The summed E-state index contributed by atoms with van der Waals surface area (Å²) in [4.78, 5) is 24.7. The molecule has 2 N–H and O–H groups in total. The molecule has 0 fully saturated rings. The van der Waals surface area contributed by atoms with Crippen LogP contribution in [0.2, 0.25) is 0 Å². The Hall–Kier alpha value is -3.12. The van der Waals surface area contributed by atoms with Gasteiger partial charge in [-0.15, -0.1) is 0 Å². The van der Waals surface area contributed by atoms with E-state index in [1.807, 2.05) is 0 Å². The van der Waals surface area contributed by atoms with Gasteiger partial charge in [0, 0.05) is 0 Å². The van der Waals surface area contributed by atoms with Gasteiger partial charge in [0.1, 0.15) is 28.4 Å². The highest BCUT2D eigenvalue weighted by Gasteiger charge is 2.43. The number of aliphatic hydroxyl groups is 1. The number of hydrogen-bond donors (Lipinski definition) is 2. The highest BCUT2D eigenvalue weighted by atomic mass is 16.5. The lowest BCUT2D eigenvalue weighted by Crippen LogP contribution is -2.38. The Labute approximate surface area is 155 Å². The molecule has 6 nitrogen and oxygen atoms in total. The highest BCUT2D eigenvalue weighted by Crippen LogP contribution is 2.50. The van der Waals surface area contributed by atoms with Crippen LogP contribution in [0, 0.1) is 0 Å². The van der Waals surface area contributed by atoms with E-state index in [2.05, 4.69) is 0 Å². The third kappa shape index (κ3) is 2.61. The number of fused-ring (bicyclic) bond motifs is 3. The van der Waals surface area contributed by atoms with E-state index < -0.39 is 23.6 Å². The second-order valence-electron chi connectivity index (χ2n) is 7.12. The summed E-state index contributed by atoms with van der Waals surface area (Å²) in [5.41, 5.74) is -0.0891. The average molecular weight is 366 g/mol. The summed E-state index contributed by atoms with van der Waals surface area (Å²) in [5.74, 6) is -0.898. The average Bonchev–Trinajstić information content (AvgIpc) is 2.64. The number of carbonyl (C=O) groups is 2. The lowest BCUT2D eigenvalue weighted by atomic mass is 9.88. The molecule has 0 saturated heterocycles. The van der Waals surface area contributed by atoms with Crippen molar-refractivity contribution in [1.82, 2.24) is 0 Å². The number of ether oxygens (including phenoxy) is 2. The molecule has 0 amide bonds. The molecule has 0 aromatic heterocycles. The van der Waals surface area contributed by atoms with E-state index >= 15 is 0 Å². The van der Waals surface area contributed by atoms with Crippen molar-refractivity contribution in [3.05, 3.63) is 58.7 Å². The van der Waals surface area contributed by atoms with Gasteiger partial charge in [-0.3, -0.25) is 9.59 Å². The Bertz CT molecular complexity index is 974. The van der Waals surface area contributed by atoms with Crippen molar-refractivity contribution in [2.24, 2.45) is 0 Å². The number of aliphatic hydroxyl groups excluding tert-OH is 1. The van der Waals surface area contributed by atoms with Crippen LogP contribution in [0.3, 0.4) is 0 Å². The minimum atomic E-state index is -1.47. The molecule has 0 bridgehead atoms. The molecular weight excluding hydrogens is 348 g/mol. The van der Waals surface area contributed by atoms with Crippen molar-refractivity contribution in [2.75, 3.05) is 0 Å². The molecule has 0 radical (unpaired) electrons. The molecule has 0 aliphatic carbocycles. The van der Waals surface area contributed by atoms with Crippen LogP contribution < -0.4 is 9.47 Å². The van der Waals surface area contributed by atoms with Gasteiger partial charge in [-0.25, -0.2) is 0 Å². The van der Waals surface area contributed by atoms with Gasteiger partial charge < -0.3 is 19.7 Å². The minimum absolute atomic E-state index is 0.0259. The van der Waals surface area contributed by atoms with E-state index in [4.69, 9.17) is 9.47 Å². The van der Waals surface area contributed by atoms with Crippen LogP contribution in [0.1, 0.15) is 51.8 Å². The monoisotopic (exact) mass is 366 g/mol. The van der Waals surface area contributed by atoms with Crippen LogP contribution in [-0.2, 0) is 0 Å². The zero-order valence-corrected chi connectivity index (χ0v) is 14.8. The zero-order valence-electron chi connectivity index (χ0n) is 14.8. The highest BCUT2D eigenvalue weighted by molar-refractivity contribution is 6.10. The normalized spacial score (nSPS) is 22.3. The van der Waals surface area contributed by atoms with Crippen molar-refractivity contribution in [3.8, 4) is 17.2 Å². The fourth-order valence-electron chi connectivity index (χ4n) is 3.40. The summed E-state index contributed by atoms with van der Waals surface area (Å²) >= 11 is 0. The third-order valence-corrected chi connectivity index (χ3v) is 4.76. The number of rotatable bonds is 2. The first-order valence-corrected chi connectivity index (χ1v) is 8.54. The topological polar surface area (TPSA) is 93.1 Å². The summed E-state index contributed by atoms with van der Waals surface area (Å²) in [5, 5.41) is 21.2. The van der Waals surface area contributed by atoms with E-state index in [9.17, 15) is 19.8 Å². The van der Waals surface area contributed by atoms with Crippen molar-refractivity contribution >= 4 is 18.1 Å². The number of benzene rings is 2. The Morgan fingerprint density at radius 1 is 1.15 bits per heavy atom. The molecule has 2 unspecified atom stereocenters. The van der Waals surface area contributed by atoms with E-state index in [1.165, 1.54) is 0 Å². The van der Waals surface area contributed by atoms with E-state index in [0.29, 0.717) is 11.8 Å². The smallest absolute Gasteiger partial charge is 0.203 e. The van der Waals surface area contributed by atoms with Crippen molar-refractivity contribution in [2.45, 2.75) is 31.7 Å². The zero-order chi connectivity index (χ0) is 19.3. The molecule has 0 spiro atoms. The second kappa shape index (κ2) is 5.96. The lowest BCUT2D eigenvalue weighted by molar-refractivity contribution is 0.0199. The van der Waals surface area contributed by atoms with Gasteiger partial charge in [0.05, 0.1) is 11.1 Å². The molecule has 2 aliphatic heterocycles. The molecule has 2 aromatic rings. The largest absolute Gasteiger partial charge is 0.506 e. The summed E-state index contributed by atoms with van der Waals surface area (Å²) in [6.07, 6.45) is 1.30. The summed E-state index contributed by atoms with van der Waals surface area (Å²) < 4.78 is 11.8. The molecule has 2 atom stereocenters. The fraction of sp³-hybridized carbons (Fsp3) is 0.238. The summed E-state index contributed by atoms with van der Waals surface area (Å²) in [6, 6.07) is 8.75. The standard InChI is InChI=1S/C21H18O6/c1-21(2)9-8-12-15(23)13(10-22)19-14(20(12)27-21)16(24)17(25)18(26-19)11-6-4-3-5-7-11/h3-10,17-18,23,25H,1-2H3. The minimum Gasteiger partial charge on any atom is -0.506 e. The summed E-state index contributed by atoms with van der Waals surface area (Å²) in [7, 11) is 0. The number of phenolic OH excluding ortho intramolecular Hbond substituents is 1. The Kier molecular flexibility index (Phi) is 3.82. The maximum atomic E-state index is 13.0. The number of aromatic hydroxyl groups is 1. The number of Topliss-reactive ketones (excluding diaryl/α,β-unsaturated/α-hetero) is 1. The number of aldehydes is 1. The lowest BCUT2D eigenvalue weighted by Gasteiger charge is -2.35. The van der Waals surface area contributed by atoms with Gasteiger partial charge >= 0.3 is 0 Å². The van der Waals surface area contributed by atoms with Crippen LogP contribution >= 0.6 is 0 Å². The van der Waals surface area contributed by atoms with Crippen LogP contribution in [0.5, 0.6) is 17.2 Å². The quantitative estimate of drug-likeness (QED) is 0.794. The van der Waals surface area contributed by atoms with Crippen LogP contribution in [0.25, 0.3) is 6.08 Å². The van der Waals surface area contributed by atoms with Crippen LogP contribution in [0.4, 0.5) is 0 Å². The SMILES string of the molecule is CC1(C)C=Cc2c(O)c(C=O)c3c(c2O1)C(=O)C(O)C(c1ccccc1)O3. The predicted molar refractivity (Wildman–Crippen MR) is 97.4 cm³/mol. The molecule has 0 saturated carbocycles. The first-order chi connectivity index (χ1) is 12.8. The Morgan fingerprint density at radius 3 is 2.52 bits per heavy atom. The molecule has 27 heavy (non-hydrogen) atoms.